The van der Waals surface area contributed by atoms with Gasteiger partial charge in [0.25, 0.3) is 0 Å². The van der Waals surface area contributed by atoms with Gasteiger partial charge in [-0.3, -0.25) is 10.1 Å². The van der Waals surface area contributed by atoms with Crippen LogP contribution in [0.5, 0.6) is 0 Å². The van der Waals surface area contributed by atoms with Crippen LogP contribution >= 0.6 is 0 Å². The Balaban J connectivity index is 1.73. The second kappa shape index (κ2) is 8.23. The minimum atomic E-state index is -0.494. The molecule has 132 valence electrons. The number of carbonyl (C=O) groups is 1. The number of aliphatic hydroxyl groups is 1. The summed E-state index contributed by atoms with van der Waals surface area (Å²) in [5, 5.41) is 15.9. The first kappa shape index (κ1) is 17.6. The SMILES string of the molecule is O=C(Nc1ccc(F)cc1)C(NC1CCC(O)CC1)c1ccccc1. The summed E-state index contributed by atoms with van der Waals surface area (Å²) < 4.78 is 13.0. The van der Waals surface area contributed by atoms with Crippen molar-refractivity contribution in [3.8, 4) is 0 Å². The number of amides is 1. The topological polar surface area (TPSA) is 61.4 Å². The molecule has 0 bridgehead atoms. The Labute approximate surface area is 147 Å². The van der Waals surface area contributed by atoms with Gasteiger partial charge in [0.15, 0.2) is 0 Å². The van der Waals surface area contributed by atoms with Crippen LogP contribution in [0.1, 0.15) is 37.3 Å². The zero-order valence-electron chi connectivity index (χ0n) is 14.0. The van der Waals surface area contributed by atoms with Crippen LogP contribution in [0.15, 0.2) is 54.6 Å². The van der Waals surface area contributed by atoms with Gasteiger partial charge in [-0.1, -0.05) is 30.3 Å². The Kier molecular flexibility index (Phi) is 5.79. The molecule has 2 aromatic rings. The fraction of sp³-hybridized carbons (Fsp3) is 0.350. The zero-order valence-corrected chi connectivity index (χ0v) is 14.0. The number of benzene rings is 2. The number of nitrogens with one attached hydrogen (secondary N) is 2. The van der Waals surface area contributed by atoms with Gasteiger partial charge in [0, 0.05) is 11.7 Å². The molecule has 3 N–H and O–H groups in total. The molecule has 1 unspecified atom stereocenters. The van der Waals surface area contributed by atoms with E-state index < -0.39 is 6.04 Å². The summed E-state index contributed by atoms with van der Waals surface area (Å²) in [7, 11) is 0. The third-order valence-electron chi connectivity index (χ3n) is 4.61. The lowest BCUT2D eigenvalue weighted by molar-refractivity contribution is -0.118. The highest BCUT2D eigenvalue weighted by Crippen LogP contribution is 2.23. The molecule has 1 atom stereocenters. The number of hydrogen-bond donors (Lipinski definition) is 3. The van der Waals surface area contributed by atoms with Crippen LogP contribution in [0, 0.1) is 5.82 Å². The average molecular weight is 342 g/mol. The van der Waals surface area contributed by atoms with Crippen LogP contribution in [0.3, 0.4) is 0 Å². The van der Waals surface area contributed by atoms with E-state index >= 15 is 0 Å². The summed E-state index contributed by atoms with van der Waals surface area (Å²) >= 11 is 0. The first-order valence-electron chi connectivity index (χ1n) is 8.67. The number of hydrogen-bond acceptors (Lipinski definition) is 3. The Morgan fingerprint density at radius 3 is 2.28 bits per heavy atom. The van der Waals surface area contributed by atoms with Crippen LogP contribution in [0.4, 0.5) is 10.1 Å². The van der Waals surface area contributed by atoms with Crippen molar-refractivity contribution in [2.24, 2.45) is 0 Å². The Morgan fingerprint density at radius 2 is 1.64 bits per heavy atom. The van der Waals surface area contributed by atoms with Gasteiger partial charge >= 0.3 is 0 Å². The maximum atomic E-state index is 13.0. The number of carbonyl (C=O) groups excluding carboxylic acids is 1. The fourth-order valence-corrected chi connectivity index (χ4v) is 3.19. The molecule has 4 nitrogen and oxygen atoms in total. The minimum Gasteiger partial charge on any atom is -0.393 e. The second-order valence-electron chi connectivity index (χ2n) is 6.51. The average Bonchev–Trinajstić information content (AvgIpc) is 2.64. The van der Waals surface area contributed by atoms with E-state index in [1.165, 1.54) is 12.1 Å². The molecule has 0 saturated heterocycles. The van der Waals surface area contributed by atoms with Gasteiger partial charge in [0.2, 0.25) is 5.91 Å². The van der Waals surface area contributed by atoms with Gasteiger partial charge in [-0.05, 0) is 55.5 Å². The normalized spacial score (nSPS) is 21.5. The smallest absolute Gasteiger partial charge is 0.246 e. The molecule has 25 heavy (non-hydrogen) atoms. The van der Waals surface area contributed by atoms with Gasteiger partial charge in [-0.25, -0.2) is 4.39 Å². The van der Waals surface area contributed by atoms with E-state index in [2.05, 4.69) is 10.6 Å². The predicted octanol–water partition coefficient (Wildman–Crippen LogP) is 3.40. The highest BCUT2D eigenvalue weighted by atomic mass is 19.1. The van der Waals surface area contributed by atoms with E-state index in [1.54, 1.807) is 12.1 Å². The summed E-state index contributed by atoms with van der Waals surface area (Å²) in [6.07, 6.45) is 2.95. The molecule has 0 heterocycles. The van der Waals surface area contributed by atoms with Crippen molar-refractivity contribution in [2.45, 2.75) is 43.9 Å². The van der Waals surface area contributed by atoms with Crippen molar-refractivity contribution in [1.82, 2.24) is 5.32 Å². The van der Waals surface area contributed by atoms with Crippen molar-refractivity contribution in [2.75, 3.05) is 5.32 Å². The van der Waals surface area contributed by atoms with Crippen molar-refractivity contribution >= 4 is 11.6 Å². The van der Waals surface area contributed by atoms with Crippen LogP contribution in [0.2, 0.25) is 0 Å². The Morgan fingerprint density at radius 1 is 1.00 bits per heavy atom. The van der Waals surface area contributed by atoms with Crippen molar-refractivity contribution < 1.29 is 14.3 Å². The van der Waals surface area contributed by atoms with E-state index in [9.17, 15) is 14.3 Å². The van der Waals surface area contributed by atoms with Crippen molar-refractivity contribution in [3.63, 3.8) is 0 Å². The highest BCUT2D eigenvalue weighted by molar-refractivity contribution is 5.95. The van der Waals surface area contributed by atoms with E-state index in [-0.39, 0.29) is 23.9 Å². The van der Waals surface area contributed by atoms with Gasteiger partial charge in [0.05, 0.1) is 6.10 Å². The predicted molar refractivity (Wildman–Crippen MR) is 95.6 cm³/mol. The van der Waals surface area contributed by atoms with Crippen LogP contribution in [0.25, 0.3) is 0 Å². The molecule has 1 aliphatic carbocycles. The van der Waals surface area contributed by atoms with E-state index in [0.717, 1.165) is 31.2 Å². The molecule has 1 amide bonds. The molecule has 0 radical (unpaired) electrons. The molecular weight excluding hydrogens is 319 g/mol. The molecule has 5 heteroatoms. The van der Waals surface area contributed by atoms with Crippen molar-refractivity contribution in [3.05, 3.63) is 66.0 Å². The summed E-state index contributed by atoms with van der Waals surface area (Å²) in [5.74, 6) is -0.513. The van der Waals surface area contributed by atoms with Gasteiger partial charge < -0.3 is 10.4 Å². The molecule has 0 aromatic heterocycles. The maximum Gasteiger partial charge on any atom is 0.246 e. The van der Waals surface area contributed by atoms with E-state index in [1.807, 2.05) is 30.3 Å². The molecule has 2 aromatic carbocycles. The molecule has 3 rings (SSSR count). The third-order valence-corrected chi connectivity index (χ3v) is 4.61. The number of aliphatic hydroxyl groups excluding tert-OH is 1. The monoisotopic (exact) mass is 342 g/mol. The highest BCUT2D eigenvalue weighted by Gasteiger charge is 2.26. The molecule has 1 aliphatic rings. The van der Waals surface area contributed by atoms with Crippen LogP contribution in [-0.2, 0) is 4.79 Å². The molecule has 1 saturated carbocycles. The van der Waals surface area contributed by atoms with Gasteiger partial charge in [-0.15, -0.1) is 0 Å². The molecule has 0 spiro atoms. The molecule has 1 fully saturated rings. The summed E-state index contributed by atoms with van der Waals surface area (Å²) in [6.45, 7) is 0. The third kappa shape index (κ3) is 4.87. The summed E-state index contributed by atoms with van der Waals surface area (Å²) in [6, 6.07) is 15.0. The number of rotatable bonds is 5. The van der Waals surface area contributed by atoms with Crippen LogP contribution < -0.4 is 10.6 Å². The first-order chi connectivity index (χ1) is 12.1. The Hall–Kier alpha value is -2.24. The van der Waals surface area contributed by atoms with Crippen molar-refractivity contribution in [1.29, 1.82) is 0 Å². The Bertz CT molecular complexity index is 683. The maximum absolute atomic E-state index is 13.0. The lowest BCUT2D eigenvalue weighted by Crippen LogP contribution is -2.42. The van der Waals surface area contributed by atoms with Gasteiger partial charge in [-0.2, -0.15) is 0 Å². The summed E-state index contributed by atoms with van der Waals surface area (Å²) in [4.78, 5) is 12.8. The quantitative estimate of drug-likeness (QED) is 0.780. The lowest BCUT2D eigenvalue weighted by atomic mass is 9.92. The standard InChI is InChI=1S/C20H23FN2O2/c21-15-6-8-17(9-7-15)23-20(25)19(14-4-2-1-3-5-14)22-16-10-12-18(24)13-11-16/h1-9,16,18-19,22,24H,10-13H2,(H,23,25). The number of anilines is 1. The van der Waals surface area contributed by atoms with E-state index in [0.29, 0.717) is 5.69 Å². The van der Waals surface area contributed by atoms with Gasteiger partial charge in [0.1, 0.15) is 11.9 Å². The summed E-state index contributed by atoms with van der Waals surface area (Å²) in [5.41, 5.74) is 1.45. The molecule has 0 aliphatic heterocycles. The largest absolute Gasteiger partial charge is 0.393 e. The van der Waals surface area contributed by atoms with E-state index in [4.69, 9.17) is 0 Å². The number of halogens is 1. The minimum absolute atomic E-state index is 0.177. The lowest BCUT2D eigenvalue weighted by Gasteiger charge is -2.30. The first-order valence-corrected chi connectivity index (χ1v) is 8.67. The molecular formula is C20H23FN2O2. The second-order valence-corrected chi connectivity index (χ2v) is 6.51. The zero-order chi connectivity index (χ0) is 17.6. The fourth-order valence-electron chi connectivity index (χ4n) is 3.19. The van der Waals surface area contributed by atoms with Crippen LogP contribution in [-0.4, -0.2) is 23.2 Å².